The van der Waals surface area contributed by atoms with Gasteiger partial charge in [0.05, 0.1) is 13.2 Å². The van der Waals surface area contributed by atoms with Crippen molar-refractivity contribution >= 4 is 7.60 Å². The summed E-state index contributed by atoms with van der Waals surface area (Å²) >= 11 is 0. The van der Waals surface area contributed by atoms with Gasteiger partial charge in [-0.2, -0.15) is 0 Å². The molecule has 106 valence electrons. The first kappa shape index (κ1) is 22.3. The van der Waals surface area contributed by atoms with Crippen LogP contribution in [0.3, 0.4) is 0 Å². The number of morpholine rings is 1. The molecule has 5 nitrogen and oxygen atoms in total. The molecule has 0 radical (unpaired) electrons. The fraction of sp³-hybridized carbons (Fsp3) is 0.538. The molecule has 1 heterocycles. The van der Waals surface area contributed by atoms with Gasteiger partial charge in [-0.25, -0.2) is 0 Å². The molecule has 0 saturated carbocycles. The Labute approximate surface area is 170 Å². The monoisotopic (exact) mass is 329 g/mol. The van der Waals surface area contributed by atoms with Crippen LogP contribution in [0.1, 0.15) is 11.1 Å². The maximum absolute atomic E-state index is 10.7. The fourth-order valence-electron chi connectivity index (χ4n) is 2.17. The molecule has 0 amide bonds. The van der Waals surface area contributed by atoms with Crippen molar-refractivity contribution in [2.24, 2.45) is 0 Å². The van der Waals surface area contributed by atoms with E-state index in [2.05, 4.69) is 4.90 Å². The van der Waals surface area contributed by atoms with Gasteiger partial charge in [-0.3, -0.25) is 4.90 Å². The Hall–Kier alpha value is 1.29. The van der Waals surface area contributed by atoms with Crippen LogP contribution >= 0.6 is 7.60 Å². The third kappa shape index (κ3) is 9.23. The topological polar surface area (TPSA) is 75.7 Å². The van der Waals surface area contributed by atoms with Gasteiger partial charge in [0.1, 0.15) is 0 Å². The zero-order chi connectivity index (χ0) is 13.7. The predicted octanol–water partition coefficient (Wildman–Crippen LogP) is -6.02. The van der Waals surface area contributed by atoms with Crippen molar-refractivity contribution in [3.05, 3.63) is 35.4 Å². The SMILES string of the molecule is O=P([O-])([O-])CCc1cccc(CN2CCOCC2)c1.[Na+].[Na+]. The molecule has 0 unspecified atom stereocenters. The van der Waals surface area contributed by atoms with Gasteiger partial charge < -0.3 is 19.1 Å². The van der Waals surface area contributed by atoms with E-state index in [0.29, 0.717) is 6.42 Å². The minimum Gasteiger partial charge on any atom is -0.811 e. The molecule has 0 atom stereocenters. The molecule has 1 aromatic carbocycles. The maximum atomic E-state index is 10.7. The van der Waals surface area contributed by atoms with Gasteiger partial charge in [0, 0.05) is 19.6 Å². The Bertz CT molecular complexity index is 463. The summed E-state index contributed by atoms with van der Waals surface area (Å²) in [5.41, 5.74) is 2.05. The van der Waals surface area contributed by atoms with Gasteiger partial charge in [-0.05, 0) is 23.7 Å². The number of aryl methyl sites for hydroxylation is 1. The van der Waals surface area contributed by atoms with Crippen molar-refractivity contribution in [3.8, 4) is 0 Å². The standard InChI is InChI=1S/C13H20NO4P.2Na/c15-19(16,17)9-4-12-2-1-3-13(10-12)11-14-5-7-18-8-6-14;;/h1-3,10H,4-9,11H2,(H2,15,16,17);;/q;2*+1/p-2. The van der Waals surface area contributed by atoms with E-state index in [0.717, 1.165) is 44.0 Å². The summed E-state index contributed by atoms with van der Waals surface area (Å²) < 4.78 is 16.0. The first-order valence-electron chi connectivity index (χ1n) is 6.42. The Morgan fingerprint density at radius 2 is 1.76 bits per heavy atom. The van der Waals surface area contributed by atoms with Crippen LogP contribution in [0.4, 0.5) is 0 Å². The molecule has 0 aliphatic carbocycles. The van der Waals surface area contributed by atoms with Crippen LogP contribution in [-0.4, -0.2) is 37.4 Å². The molecule has 1 aliphatic heterocycles. The van der Waals surface area contributed by atoms with Crippen molar-refractivity contribution in [3.63, 3.8) is 0 Å². The second-order valence-corrected chi connectivity index (χ2v) is 6.46. The molecule has 1 fully saturated rings. The largest absolute Gasteiger partial charge is 1.00 e. The van der Waals surface area contributed by atoms with Crippen molar-refractivity contribution in [2.45, 2.75) is 13.0 Å². The molecule has 8 heteroatoms. The Kier molecular flexibility index (Phi) is 11.6. The third-order valence-electron chi connectivity index (χ3n) is 3.18. The number of benzene rings is 1. The van der Waals surface area contributed by atoms with Gasteiger partial charge in [0.25, 0.3) is 0 Å². The van der Waals surface area contributed by atoms with E-state index in [1.54, 1.807) is 0 Å². The molecule has 1 aromatic rings. The Morgan fingerprint density at radius 1 is 1.14 bits per heavy atom. The summed E-state index contributed by atoms with van der Waals surface area (Å²) in [4.78, 5) is 23.6. The molecule has 0 spiro atoms. The Morgan fingerprint density at radius 3 is 2.38 bits per heavy atom. The molecule has 1 saturated heterocycles. The third-order valence-corrected chi connectivity index (χ3v) is 3.95. The molecular weight excluding hydrogens is 311 g/mol. The van der Waals surface area contributed by atoms with E-state index in [9.17, 15) is 14.4 Å². The van der Waals surface area contributed by atoms with Crippen molar-refractivity contribution < 1.29 is 78.2 Å². The van der Waals surface area contributed by atoms with E-state index in [1.165, 1.54) is 0 Å². The van der Waals surface area contributed by atoms with Crippen molar-refractivity contribution in [1.29, 1.82) is 0 Å². The first-order chi connectivity index (χ1) is 9.03. The minimum absolute atomic E-state index is 0. The minimum atomic E-state index is -4.41. The van der Waals surface area contributed by atoms with Gasteiger partial charge in [0.2, 0.25) is 0 Å². The van der Waals surface area contributed by atoms with E-state index < -0.39 is 7.60 Å². The summed E-state index contributed by atoms with van der Waals surface area (Å²) in [5, 5.41) is 0. The molecule has 2 rings (SSSR count). The van der Waals surface area contributed by atoms with Crippen LogP contribution in [0.2, 0.25) is 0 Å². The summed E-state index contributed by atoms with van der Waals surface area (Å²) in [6.07, 6.45) is -0.0186. The number of ether oxygens (including phenoxy) is 1. The van der Waals surface area contributed by atoms with Gasteiger partial charge in [0.15, 0.2) is 0 Å². The average molecular weight is 329 g/mol. The molecule has 0 bridgehead atoms. The Balaban J connectivity index is 0.00000200. The molecule has 1 aliphatic rings. The second-order valence-electron chi connectivity index (χ2n) is 4.79. The number of nitrogens with zero attached hydrogens (tertiary/aromatic N) is 1. The van der Waals surface area contributed by atoms with Crippen LogP contribution in [0.15, 0.2) is 24.3 Å². The predicted molar refractivity (Wildman–Crippen MR) is 68.7 cm³/mol. The zero-order valence-electron chi connectivity index (χ0n) is 12.8. The van der Waals surface area contributed by atoms with Gasteiger partial charge >= 0.3 is 59.1 Å². The smallest absolute Gasteiger partial charge is 0.811 e. The van der Waals surface area contributed by atoms with Crippen LogP contribution in [0.5, 0.6) is 0 Å². The van der Waals surface area contributed by atoms with E-state index in [-0.39, 0.29) is 65.3 Å². The summed E-state index contributed by atoms with van der Waals surface area (Å²) in [6.45, 7) is 4.19. The molecule has 0 aromatic heterocycles. The van der Waals surface area contributed by atoms with Crippen molar-refractivity contribution in [1.82, 2.24) is 4.90 Å². The van der Waals surface area contributed by atoms with E-state index >= 15 is 0 Å². The maximum Gasteiger partial charge on any atom is 1.00 e. The van der Waals surface area contributed by atoms with Gasteiger partial charge in [-0.15, -0.1) is 0 Å². The normalized spacial score (nSPS) is 15.9. The summed E-state index contributed by atoms with van der Waals surface area (Å²) in [6, 6.07) is 7.77. The van der Waals surface area contributed by atoms with Gasteiger partial charge in [-0.1, -0.05) is 31.9 Å². The number of hydrogen-bond acceptors (Lipinski definition) is 5. The average Bonchev–Trinajstić information content (AvgIpc) is 2.37. The van der Waals surface area contributed by atoms with Crippen LogP contribution in [-0.2, 0) is 22.3 Å². The molecular formula is C13H18NNa2O4P. The van der Waals surface area contributed by atoms with Crippen LogP contribution < -0.4 is 68.9 Å². The summed E-state index contributed by atoms with van der Waals surface area (Å²) in [5.74, 6) is 0. The van der Waals surface area contributed by atoms with Crippen LogP contribution in [0.25, 0.3) is 0 Å². The van der Waals surface area contributed by atoms with E-state index in [1.807, 2.05) is 24.3 Å². The van der Waals surface area contributed by atoms with Crippen molar-refractivity contribution in [2.75, 3.05) is 32.5 Å². The number of rotatable bonds is 5. The second kappa shape index (κ2) is 11.0. The first-order valence-corrected chi connectivity index (χ1v) is 8.15. The van der Waals surface area contributed by atoms with Crippen LogP contribution in [0, 0.1) is 0 Å². The molecule has 0 N–H and O–H groups in total. The summed E-state index contributed by atoms with van der Waals surface area (Å²) in [7, 11) is -4.41. The zero-order valence-corrected chi connectivity index (χ0v) is 17.7. The van der Waals surface area contributed by atoms with E-state index in [4.69, 9.17) is 4.74 Å². The fourth-order valence-corrected chi connectivity index (χ4v) is 2.70. The molecule has 21 heavy (non-hydrogen) atoms. The quantitative estimate of drug-likeness (QED) is 0.397. The number of hydrogen-bond donors (Lipinski definition) is 0.